The molecule has 0 saturated carbocycles. The third kappa shape index (κ3) is 2.48. The molecule has 5 rings (SSSR count). The minimum Gasteiger partial charge on any atom is -0.842 e. The van der Waals surface area contributed by atoms with Gasteiger partial charge in [-0.2, -0.15) is 4.40 Å². The fraction of sp³-hybridized carbons (Fsp3) is 0.150. The minimum absolute atomic E-state index is 0.185. The first kappa shape index (κ1) is 16.5. The van der Waals surface area contributed by atoms with Crippen molar-refractivity contribution in [1.29, 1.82) is 0 Å². The molecule has 0 saturated heterocycles. The summed E-state index contributed by atoms with van der Waals surface area (Å²) in [6.45, 7) is 0. The number of halogens is 1. The lowest BCUT2D eigenvalue weighted by Crippen LogP contribution is -2.50. The Morgan fingerprint density at radius 2 is 2.04 bits per heavy atom. The van der Waals surface area contributed by atoms with Crippen LogP contribution in [-0.4, -0.2) is 9.38 Å². The third-order valence-corrected chi connectivity index (χ3v) is 6.24. The van der Waals surface area contributed by atoms with Crippen molar-refractivity contribution in [3.8, 4) is 17.0 Å². The highest BCUT2D eigenvalue weighted by Gasteiger charge is 2.33. The predicted octanol–water partition coefficient (Wildman–Crippen LogP) is 2.97. The Hall–Kier alpha value is -2.70. The molecular formula is C20H14ClN3O2S. The van der Waals surface area contributed by atoms with E-state index in [2.05, 4.69) is 4.98 Å². The van der Waals surface area contributed by atoms with E-state index in [-0.39, 0.29) is 23.0 Å². The molecule has 5 nitrogen and oxygen atoms in total. The summed E-state index contributed by atoms with van der Waals surface area (Å²) in [5, 5.41) is 13.5. The molecule has 0 spiro atoms. The van der Waals surface area contributed by atoms with Crippen LogP contribution in [0.1, 0.15) is 22.9 Å². The second kappa shape index (κ2) is 6.18. The van der Waals surface area contributed by atoms with Crippen LogP contribution in [0.15, 0.2) is 59.7 Å². The first-order valence-corrected chi connectivity index (χ1v) is 9.80. The van der Waals surface area contributed by atoms with Crippen LogP contribution in [0.3, 0.4) is 0 Å². The summed E-state index contributed by atoms with van der Waals surface area (Å²) in [6, 6.07) is 12.8. The first-order valence-electron chi connectivity index (χ1n) is 8.60. The molecule has 0 radical (unpaired) electrons. The van der Waals surface area contributed by atoms with Gasteiger partial charge < -0.3 is 5.11 Å². The lowest BCUT2D eigenvalue weighted by molar-refractivity contribution is -0.732. The first-order chi connectivity index (χ1) is 13.1. The van der Waals surface area contributed by atoms with Gasteiger partial charge in [0.05, 0.1) is 17.0 Å². The topological polar surface area (TPSA) is 61.3 Å². The molecule has 1 aliphatic heterocycles. The van der Waals surface area contributed by atoms with Crippen LogP contribution in [0, 0.1) is 0 Å². The number of aromatic nitrogens is 3. The number of hydrogen-bond donors (Lipinski definition) is 0. The SMILES string of the molecule is O=c1c(-c2ccccc2)c([O-])[n+]2c3c(cccn13)CCC2c1cnc(Cl)s1. The molecule has 134 valence electrons. The van der Waals surface area contributed by atoms with Crippen LogP contribution in [-0.2, 0) is 6.42 Å². The summed E-state index contributed by atoms with van der Waals surface area (Å²) < 4.78 is 3.78. The molecule has 0 bridgehead atoms. The predicted molar refractivity (Wildman–Crippen MR) is 102 cm³/mol. The molecule has 0 amide bonds. The summed E-state index contributed by atoms with van der Waals surface area (Å²) in [5.41, 5.74) is 2.18. The number of rotatable bonds is 2. The number of hydrogen-bond acceptors (Lipinski definition) is 4. The van der Waals surface area contributed by atoms with Crippen LogP contribution in [0.5, 0.6) is 5.88 Å². The molecule has 0 N–H and O–H groups in total. The van der Waals surface area contributed by atoms with E-state index in [1.165, 1.54) is 11.3 Å². The Labute approximate surface area is 163 Å². The fourth-order valence-corrected chi connectivity index (χ4v) is 4.93. The van der Waals surface area contributed by atoms with Gasteiger partial charge in [0.1, 0.15) is 11.6 Å². The summed E-state index contributed by atoms with van der Waals surface area (Å²) in [4.78, 5) is 18.2. The lowest BCUT2D eigenvalue weighted by atomic mass is 9.99. The summed E-state index contributed by atoms with van der Waals surface area (Å²) in [6.07, 6.45) is 5.00. The van der Waals surface area contributed by atoms with Crippen molar-refractivity contribution in [1.82, 2.24) is 9.38 Å². The number of benzene rings is 1. The highest BCUT2D eigenvalue weighted by Crippen LogP contribution is 2.33. The summed E-state index contributed by atoms with van der Waals surface area (Å²) in [7, 11) is 0. The van der Waals surface area contributed by atoms with Crippen molar-refractivity contribution in [2.45, 2.75) is 18.9 Å². The van der Waals surface area contributed by atoms with Gasteiger partial charge in [-0.1, -0.05) is 41.9 Å². The van der Waals surface area contributed by atoms with E-state index >= 15 is 0 Å². The molecule has 1 aliphatic rings. The number of pyridine rings is 1. The van der Waals surface area contributed by atoms with Crippen molar-refractivity contribution in [2.75, 3.05) is 0 Å². The van der Waals surface area contributed by atoms with Crippen molar-refractivity contribution >= 4 is 28.6 Å². The van der Waals surface area contributed by atoms with Crippen molar-refractivity contribution in [2.24, 2.45) is 0 Å². The van der Waals surface area contributed by atoms with Crippen LogP contribution in [0.25, 0.3) is 16.8 Å². The van der Waals surface area contributed by atoms with Crippen LogP contribution >= 0.6 is 22.9 Å². The smallest absolute Gasteiger partial charge is 0.349 e. The van der Waals surface area contributed by atoms with E-state index < -0.39 is 0 Å². The molecule has 27 heavy (non-hydrogen) atoms. The summed E-state index contributed by atoms with van der Waals surface area (Å²) >= 11 is 7.41. The van der Waals surface area contributed by atoms with E-state index in [0.717, 1.165) is 23.3 Å². The summed E-state index contributed by atoms with van der Waals surface area (Å²) in [5.74, 6) is -0.270. The molecule has 1 aromatic carbocycles. The van der Waals surface area contributed by atoms with Crippen molar-refractivity contribution in [3.63, 3.8) is 0 Å². The lowest BCUT2D eigenvalue weighted by Gasteiger charge is -2.27. The standard InChI is InChI=1S/C20H14ClN3O2S/c21-20-22-11-15(27-20)14-9-8-13-7-4-10-23-17(13)24(14)19(26)16(18(23)25)12-5-2-1-3-6-12/h1-7,10-11,14H,8-9H2. The largest absolute Gasteiger partial charge is 0.842 e. The van der Waals surface area contributed by atoms with Gasteiger partial charge in [0.15, 0.2) is 4.47 Å². The second-order valence-corrected chi connectivity index (χ2v) is 8.16. The van der Waals surface area contributed by atoms with E-state index in [1.807, 2.05) is 30.3 Å². The van der Waals surface area contributed by atoms with Gasteiger partial charge in [-0.3, -0.25) is 0 Å². The second-order valence-electron chi connectivity index (χ2n) is 6.52. The van der Waals surface area contributed by atoms with Gasteiger partial charge in [0.2, 0.25) is 0 Å². The van der Waals surface area contributed by atoms with Crippen LogP contribution < -0.4 is 15.2 Å². The minimum atomic E-state index is -0.290. The molecule has 4 aromatic rings. The fourth-order valence-electron chi connectivity index (χ4n) is 3.85. The van der Waals surface area contributed by atoms with Crippen LogP contribution in [0.2, 0.25) is 4.47 Å². The van der Waals surface area contributed by atoms with E-state index in [1.54, 1.807) is 33.5 Å². The Kier molecular flexibility index (Phi) is 3.77. The molecule has 0 aliphatic carbocycles. The Morgan fingerprint density at radius 3 is 2.78 bits per heavy atom. The Balaban J connectivity index is 1.90. The molecule has 4 heterocycles. The average Bonchev–Trinajstić information content (AvgIpc) is 3.12. The van der Waals surface area contributed by atoms with Gasteiger partial charge >= 0.3 is 5.56 Å². The number of aryl methyl sites for hydroxylation is 1. The highest BCUT2D eigenvalue weighted by atomic mass is 35.5. The monoisotopic (exact) mass is 395 g/mol. The van der Waals surface area contributed by atoms with E-state index in [9.17, 15) is 9.90 Å². The van der Waals surface area contributed by atoms with E-state index in [0.29, 0.717) is 15.7 Å². The maximum atomic E-state index is 13.5. The van der Waals surface area contributed by atoms with Crippen molar-refractivity contribution in [3.05, 3.63) is 80.1 Å². The Bertz CT molecular complexity index is 1230. The van der Waals surface area contributed by atoms with Gasteiger partial charge in [0.25, 0.3) is 5.65 Å². The quantitative estimate of drug-likeness (QED) is 0.490. The molecule has 7 heteroatoms. The highest BCUT2D eigenvalue weighted by molar-refractivity contribution is 7.15. The van der Waals surface area contributed by atoms with Gasteiger partial charge in [-0.15, -0.1) is 11.3 Å². The zero-order valence-electron chi connectivity index (χ0n) is 14.1. The molecule has 0 fully saturated rings. The van der Waals surface area contributed by atoms with Crippen LogP contribution in [0.4, 0.5) is 0 Å². The Morgan fingerprint density at radius 1 is 1.22 bits per heavy atom. The average molecular weight is 396 g/mol. The van der Waals surface area contributed by atoms with Gasteiger partial charge in [0, 0.05) is 11.8 Å². The molecule has 3 aromatic heterocycles. The van der Waals surface area contributed by atoms with Gasteiger partial charge in [-0.05, 0) is 30.5 Å². The maximum Gasteiger partial charge on any atom is 0.349 e. The molecular weight excluding hydrogens is 382 g/mol. The zero-order valence-corrected chi connectivity index (χ0v) is 15.7. The number of nitrogens with zero attached hydrogens (tertiary/aromatic N) is 3. The third-order valence-electron chi connectivity index (χ3n) is 5.03. The normalized spacial score (nSPS) is 16.0. The number of thiazole rings is 1. The maximum absolute atomic E-state index is 13.5. The zero-order chi connectivity index (χ0) is 18.5. The van der Waals surface area contributed by atoms with E-state index in [4.69, 9.17) is 11.6 Å². The molecule has 1 atom stereocenters. The van der Waals surface area contributed by atoms with Gasteiger partial charge in [-0.25, -0.2) is 14.3 Å². The van der Waals surface area contributed by atoms with Crippen molar-refractivity contribution < 1.29 is 9.67 Å². The molecule has 1 unspecified atom stereocenters.